The molecule has 0 saturated heterocycles. The van der Waals surface area contributed by atoms with Gasteiger partial charge in [0.1, 0.15) is 5.75 Å². The van der Waals surface area contributed by atoms with Gasteiger partial charge in [0, 0.05) is 18.2 Å². The van der Waals surface area contributed by atoms with Crippen LogP contribution in [0.5, 0.6) is 5.75 Å². The van der Waals surface area contributed by atoms with Crippen LogP contribution >= 0.6 is 0 Å². The van der Waals surface area contributed by atoms with Crippen molar-refractivity contribution in [2.24, 2.45) is 0 Å². The summed E-state index contributed by atoms with van der Waals surface area (Å²) in [4.78, 5) is 2.30. The summed E-state index contributed by atoms with van der Waals surface area (Å²) in [5.41, 5.74) is 0.881. The number of hydrogen-bond donors (Lipinski definition) is 1. The Bertz CT molecular complexity index is 366. The molecule has 0 aromatic heterocycles. The van der Waals surface area contributed by atoms with Gasteiger partial charge in [-0.05, 0) is 39.8 Å². The van der Waals surface area contributed by atoms with Gasteiger partial charge in [-0.1, -0.05) is 25.1 Å². The summed E-state index contributed by atoms with van der Waals surface area (Å²) in [6.07, 6.45) is 0.592. The molecule has 0 bridgehead atoms. The van der Waals surface area contributed by atoms with E-state index in [9.17, 15) is 5.11 Å². The molecule has 1 aromatic rings. The van der Waals surface area contributed by atoms with E-state index in [-0.39, 0.29) is 0 Å². The Morgan fingerprint density at radius 1 is 1.21 bits per heavy atom. The number of para-hydroxylation sites is 1. The third-order valence-electron chi connectivity index (χ3n) is 3.23. The Labute approximate surface area is 117 Å². The summed E-state index contributed by atoms with van der Waals surface area (Å²) >= 11 is 0. The van der Waals surface area contributed by atoms with Crippen molar-refractivity contribution in [3.05, 3.63) is 29.8 Å². The fraction of sp³-hybridized carbons (Fsp3) is 0.625. The van der Waals surface area contributed by atoms with Crippen molar-refractivity contribution < 1.29 is 9.84 Å². The van der Waals surface area contributed by atoms with Gasteiger partial charge in [0.2, 0.25) is 0 Å². The van der Waals surface area contributed by atoms with Crippen molar-refractivity contribution in [3.8, 4) is 5.75 Å². The van der Waals surface area contributed by atoms with Crippen LogP contribution in [-0.4, -0.2) is 35.7 Å². The lowest BCUT2D eigenvalue weighted by Crippen LogP contribution is -2.35. The molecule has 0 heterocycles. The molecule has 3 heteroatoms. The highest BCUT2D eigenvalue weighted by atomic mass is 16.5. The van der Waals surface area contributed by atoms with E-state index >= 15 is 0 Å². The minimum atomic E-state index is -0.503. The summed E-state index contributed by atoms with van der Waals surface area (Å²) in [5, 5.41) is 10.5. The van der Waals surface area contributed by atoms with Crippen LogP contribution in [0, 0.1) is 0 Å². The van der Waals surface area contributed by atoms with Crippen molar-refractivity contribution in [3.63, 3.8) is 0 Å². The summed E-state index contributed by atoms with van der Waals surface area (Å²) in [7, 11) is 0. The molecule has 19 heavy (non-hydrogen) atoms. The van der Waals surface area contributed by atoms with Crippen LogP contribution in [0.15, 0.2) is 24.3 Å². The zero-order chi connectivity index (χ0) is 14.3. The zero-order valence-corrected chi connectivity index (χ0v) is 12.6. The number of nitrogens with zero attached hydrogens (tertiary/aromatic N) is 1. The van der Waals surface area contributed by atoms with Gasteiger partial charge in [-0.3, -0.25) is 4.90 Å². The first kappa shape index (κ1) is 16.0. The number of ether oxygens (including phenoxy) is 1. The second-order valence-corrected chi connectivity index (χ2v) is 5.08. The molecule has 0 spiro atoms. The van der Waals surface area contributed by atoms with Gasteiger partial charge in [-0.15, -0.1) is 0 Å². The molecule has 1 atom stereocenters. The first-order valence-electron chi connectivity index (χ1n) is 7.23. The van der Waals surface area contributed by atoms with E-state index in [1.165, 1.54) is 0 Å². The van der Waals surface area contributed by atoms with E-state index in [0.717, 1.165) is 24.3 Å². The third-order valence-corrected chi connectivity index (χ3v) is 3.23. The van der Waals surface area contributed by atoms with E-state index in [1.807, 2.05) is 31.2 Å². The second-order valence-electron chi connectivity index (χ2n) is 5.08. The van der Waals surface area contributed by atoms with Crippen molar-refractivity contribution in [2.45, 2.75) is 46.3 Å². The molecule has 108 valence electrons. The van der Waals surface area contributed by atoms with Crippen LogP contribution in [0.25, 0.3) is 0 Å². The lowest BCUT2D eigenvalue weighted by atomic mass is 10.1. The molecule has 1 N–H and O–H groups in total. The maximum Gasteiger partial charge on any atom is 0.125 e. The summed E-state index contributed by atoms with van der Waals surface area (Å²) in [6, 6.07) is 8.18. The average molecular weight is 265 g/mol. The molecule has 0 aliphatic rings. The van der Waals surface area contributed by atoms with Crippen LogP contribution in [0.1, 0.15) is 45.8 Å². The third kappa shape index (κ3) is 4.84. The quantitative estimate of drug-likeness (QED) is 0.783. The molecule has 3 nitrogen and oxygen atoms in total. The predicted molar refractivity (Wildman–Crippen MR) is 79.6 cm³/mol. The lowest BCUT2D eigenvalue weighted by Gasteiger charge is -2.29. The highest BCUT2D eigenvalue weighted by Gasteiger charge is 2.18. The molecular weight excluding hydrogens is 238 g/mol. The second kappa shape index (κ2) is 8.18. The maximum absolute atomic E-state index is 10.5. The number of benzene rings is 1. The molecule has 1 rings (SSSR count). The Kier molecular flexibility index (Phi) is 6.89. The van der Waals surface area contributed by atoms with Gasteiger partial charge in [0.25, 0.3) is 0 Å². The van der Waals surface area contributed by atoms with Gasteiger partial charge in [0.05, 0.1) is 12.7 Å². The van der Waals surface area contributed by atoms with E-state index in [0.29, 0.717) is 19.2 Å². The first-order chi connectivity index (χ1) is 9.10. The molecule has 0 aliphatic carbocycles. The maximum atomic E-state index is 10.5. The van der Waals surface area contributed by atoms with E-state index in [1.54, 1.807) is 0 Å². The van der Waals surface area contributed by atoms with E-state index in [2.05, 4.69) is 25.7 Å². The lowest BCUT2D eigenvalue weighted by molar-refractivity contribution is 0.0931. The van der Waals surface area contributed by atoms with Gasteiger partial charge in [-0.25, -0.2) is 0 Å². The van der Waals surface area contributed by atoms with E-state index < -0.39 is 6.10 Å². The van der Waals surface area contributed by atoms with Crippen LogP contribution in [0.4, 0.5) is 0 Å². The number of aliphatic hydroxyl groups is 1. The Morgan fingerprint density at radius 3 is 2.47 bits per heavy atom. The SMILES string of the molecule is CCCN(CC(O)c1ccccc1OCC)C(C)C. The Hall–Kier alpha value is -1.06. The zero-order valence-electron chi connectivity index (χ0n) is 12.6. The molecule has 0 aliphatic heterocycles. The number of rotatable bonds is 8. The van der Waals surface area contributed by atoms with Crippen molar-refractivity contribution in [2.75, 3.05) is 19.7 Å². The normalized spacial score (nSPS) is 13.0. The molecule has 0 amide bonds. The molecule has 1 unspecified atom stereocenters. The topological polar surface area (TPSA) is 32.7 Å². The monoisotopic (exact) mass is 265 g/mol. The molecule has 0 fully saturated rings. The first-order valence-corrected chi connectivity index (χ1v) is 7.23. The average Bonchev–Trinajstić information content (AvgIpc) is 2.39. The molecule has 0 saturated carbocycles. The predicted octanol–water partition coefficient (Wildman–Crippen LogP) is 3.24. The Morgan fingerprint density at radius 2 is 1.89 bits per heavy atom. The minimum absolute atomic E-state index is 0.439. The van der Waals surface area contributed by atoms with Crippen LogP contribution < -0.4 is 4.74 Å². The van der Waals surface area contributed by atoms with Gasteiger partial charge >= 0.3 is 0 Å². The van der Waals surface area contributed by atoms with E-state index in [4.69, 9.17) is 4.74 Å². The van der Waals surface area contributed by atoms with Crippen LogP contribution in [-0.2, 0) is 0 Å². The largest absolute Gasteiger partial charge is 0.493 e. The van der Waals surface area contributed by atoms with Crippen molar-refractivity contribution in [1.82, 2.24) is 4.90 Å². The van der Waals surface area contributed by atoms with Crippen LogP contribution in [0.3, 0.4) is 0 Å². The van der Waals surface area contributed by atoms with Gasteiger partial charge < -0.3 is 9.84 Å². The van der Waals surface area contributed by atoms with Gasteiger partial charge in [0.15, 0.2) is 0 Å². The highest BCUT2D eigenvalue weighted by Crippen LogP contribution is 2.26. The fourth-order valence-electron chi connectivity index (χ4n) is 2.21. The fourth-order valence-corrected chi connectivity index (χ4v) is 2.21. The molecular formula is C16H27NO2. The number of aliphatic hydroxyl groups excluding tert-OH is 1. The highest BCUT2D eigenvalue weighted by molar-refractivity contribution is 5.35. The summed E-state index contributed by atoms with van der Waals surface area (Å²) in [6.45, 7) is 10.7. The summed E-state index contributed by atoms with van der Waals surface area (Å²) < 4.78 is 5.58. The van der Waals surface area contributed by atoms with Crippen molar-refractivity contribution in [1.29, 1.82) is 0 Å². The minimum Gasteiger partial charge on any atom is -0.493 e. The van der Waals surface area contributed by atoms with Gasteiger partial charge in [-0.2, -0.15) is 0 Å². The van der Waals surface area contributed by atoms with Crippen molar-refractivity contribution >= 4 is 0 Å². The molecule has 1 aromatic carbocycles. The smallest absolute Gasteiger partial charge is 0.125 e. The standard InChI is InChI=1S/C16H27NO2/c1-5-11-17(13(3)4)12-15(18)14-9-7-8-10-16(14)19-6-2/h7-10,13,15,18H,5-6,11-12H2,1-4H3. The van der Waals surface area contributed by atoms with Crippen LogP contribution in [0.2, 0.25) is 0 Å². The molecule has 0 radical (unpaired) electrons. The Balaban J connectivity index is 2.78. The summed E-state index contributed by atoms with van der Waals surface area (Å²) in [5.74, 6) is 0.790. The number of hydrogen-bond acceptors (Lipinski definition) is 3.